The van der Waals surface area contributed by atoms with E-state index in [4.69, 9.17) is 17.3 Å². The van der Waals surface area contributed by atoms with Crippen LogP contribution in [0.5, 0.6) is 0 Å². The molecule has 0 aromatic heterocycles. The number of benzene rings is 1. The van der Waals surface area contributed by atoms with E-state index in [1.54, 1.807) is 12.1 Å². The summed E-state index contributed by atoms with van der Waals surface area (Å²) in [7, 11) is 0. The Balaban J connectivity index is 2.37. The highest BCUT2D eigenvalue weighted by Gasteiger charge is 2.41. The first kappa shape index (κ1) is 13.7. The van der Waals surface area contributed by atoms with Crippen LogP contribution in [0.2, 0.25) is 5.02 Å². The maximum absolute atomic E-state index is 11.5. The maximum atomic E-state index is 11.5. The van der Waals surface area contributed by atoms with E-state index in [9.17, 15) is 14.7 Å². The highest BCUT2D eigenvalue weighted by atomic mass is 35.5. The van der Waals surface area contributed by atoms with Gasteiger partial charge in [-0.15, -0.1) is 0 Å². The van der Waals surface area contributed by atoms with Gasteiger partial charge in [0, 0.05) is 10.7 Å². The van der Waals surface area contributed by atoms with Crippen molar-refractivity contribution in [2.45, 2.75) is 31.2 Å². The highest BCUT2D eigenvalue weighted by Crippen LogP contribution is 2.34. The number of primary amides is 1. The summed E-state index contributed by atoms with van der Waals surface area (Å²) in [6, 6.07) is 4.63. The van der Waals surface area contributed by atoms with Gasteiger partial charge in [0.2, 0.25) is 0 Å². The Morgan fingerprint density at radius 2 is 1.95 bits per heavy atom. The fraction of sp³-hybridized carbons (Fsp3) is 0.385. The van der Waals surface area contributed by atoms with Crippen LogP contribution in [0.4, 0.5) is 5.69 Å². The van der Waals surface area contributed by atoms with Gasteiger partial charge in [-0.3, -0.25) is 4.79 Å². The first-order chi connectivity index (χ1) is 8.94. The van der Waals surface area contributed by atoms with Crippen LogP contribution in [0.1, 0.15) is 36.0 Å². The summed E-state index contributed by atoms with van der Waals surface area (Å²) in [5, 5.41) is 12.8. The molecule has 1 aliphatic carbocycles. The number of aliphatic carboxylic acids is 1. The van der Waals surface area contributed by atoms with Crippen molar-refractivity contribution in [3.8, 4) is 0 Å². The summed E-state index contributed by atoms with van der Waals surface area (Å²) in [6.45, 7) is 0. The number of rotatable bonds is 4. The molecule has 1 aromatic carbocycles. The first-order valence-corrected chi connectivity index (χ1v) is 6.43. The van der Waals surface area contributed by atoms with Gasteiger partial charge in [0.1, 0.15) is 5.54 Å². The normalized spacial score (nSPS) is 17.1. The zero-order valence-electron chi connectivity index (χ0n) is 10.3. The Morgan fingerprint density at radius 1 is 1.32 bits per heavy atom. The molecule has 5 nitrogen and oxygen atoms in total. The summed E-state index contributed by atoms with van der Waals surface area (Å²) in [6.07, 6.45) is 2.75. The van der Waals surface area contributed by atoms with Gasteiger partial charge in [0.05, 0.1) is 5.56 Å². The highest BCUT2D eigenvalue weighted by molar-refractivity contribution is 6.31. The molecule has 0 aliphatic heterocycles. The standard InChI is InChI=1S/C13H15ClN2O3/c14-8-3-4-10(9(7-8)11(15)17)16-13(12(18)19)5-1-2-6-13/h3-4,7,16H,1-2,5-6H2,(H2,15,17)(H,18,19). The molecule has 4 N–H and O–H groups in total. The molecule has 6 heteroatoms. The predicted octanol–water partition coefficient (Wildman–Crippen LogP) is 2.25. The molecular formula is C13H15ClN2O3. The van der Waals surface area contributed by atoms with Crippen molar-refractivity contribution in [1.82, 2.24) is 0 Å². The molecule has 1 aromatic rings. The average Bonchev–Trinajstić information content (AvgIpc) is 2.81. The molecule has 0 radical (unpaired) electrons. The van der Waals surface area contributed by atoms with Crippen molar-refractivity contribution in [2.75, 3.05) is 5.32 Å². The van der Waals surface area contributed by atoms with Crippen LogP contribution < -0.4 is 11.1 Å². The molecule has 0 heterocycles. The lowest BCUT2D eigenvalue weighted by Gasteiger charge is -2.27. The van der Waals surface area contributed by atoms with Crippen LogP contribution in [0.3, 0.4) is 0 Å². The van der Waals surface area contributed by atoms with Crippen molar-refractivity contribution in [1.29, 1.82) is 0 Å². The van der Waals surface area contributed by atoms with Gasteiger partial charge in [-0.2, -0.15) is 0 Å². The number of nitrogens with one attached hydrogen (secondary N) is 1. The van der Waals surface area contributed by atoms with Gasteiger partial charge in [-0.25, -0.2) is 4.79 Å². The molecule has 19 heavy (non-hydrogen) atoms. The number of hydrogen-bond acceptors (Lipinski definition) is 3. The van der Waals surface area contributed by atoms with Gasteiger partial charge >= 0.3 is 5.97 Å². The molecular weight excluding hydrogens is 268 g/mol. The number of halogens is 1. The van der Waals surface area contributed by atoms with E-state index in [0.29, 0.717) is 23.6 Å². The summed E-state index contributed by atoms with van der Waals surface area (Å²) in [5.74, 6) is -1.54. The van der Waals surface area contributed by atoms with Gasteiger partial charge < -0.3 is 16.2 Å². The monoisotopic (exact) mass is 282 g/mol. The van der Waals surface area contributed by atoms with Crippen molar-refractivity contribution < 1.29 is 14.7 Å². The first-order valence-electron chi connectivity index (χ1n) is 6.05. The third kappa shape index (κ3) is 2.66. The molecule has 0 saturated heterocycles. The lowest BCUT2D eigenvalue weighted by molar-refractivity contribution is -0.142. The minimum atomic E-state index is -1.02. The number of nitrogens with two attached hydrogens (primary N) is 1. The van der Waals surface area contributed by atoms with E-state index in [0.717, 1.165) is 12.8 Å². The predicted molar refractivity (Wildman–Crippen MR) is 72.4 cm³/mol. The summed E-state index contributed by atoms with van der Waals surface area (Å²) >= 11 is 5.82. The van der Waals surface area contributed by atoms with Crippen LogP contribution in [0.15, 0.2) is 18.2 Å². The van der Waals surface area contributed by atoms with Crippen LogP contribution in [0, 0.1) is 0 Å². The number of carboxylic acid groups (broad SMARTS) is 1. The van der Waals surface area contributed by atoms with Crippen molar-refractivity contribution in [3.05, 3.63) is 28.8 Å². The Labute approximate surface area is 115 Å². The number of carbonyl (C=O) groups is 2. The van der Waals surface area contributed by atoms with E-state index in [2.05, 4.69) is 5.32 Å². The lowest BCUT2D eigenvalue weighted by Crippen LogP contribution is -2.44. The molecule has 2 rings (SSSR count). The molecule has 1 amide bonds. The van der Waals surface area contributed by atoms with E-state index in [1.807, 2.05) is 0 Å². The minimum Gasteiger partial charge on any atom is -0.480 e. The van der Waals surface area contributed by atoms with E-state index in [1.165, 1.54) is 6.07 Å². The smallest absolute Gasteiger partial charge is 0.329 e. The zero-order valence-corrected chi connectivity index (χ0v) is 11.0. The van der Waals surface area contributed by atoms with Crippen LogP contribution in [-0.4, -0.2) is 22.5 Å². The Kier molecular flexibility index (Phi) is 3.66. The molecule has 1 aliphatic rings. The van der Waals surface area contributed by atoms with Gasteiger partial charge in [-0.1, -0.05) is 24.4 Å². The quantitative estimate of drug-likeness (QED) is 0.790. The van der Waals surface area contributed by atoms with Gasteiger partial charge in [0.15, 0.2) is 0 Å². The fourth-order valence-electron chi connectivity index (χ4n) is 2.46. The molecule has 0 unspecified atom stereocenters. The summed E-state index contributed by atoms with van der Waals surface area (Å²) in [5.41, 5.74) is 4.90. The topological polar surface area (TPSA) is 92.4 Å². The van der Waals surface area contributed by atoms with E-state index < -0.39 is 17.4 Å². The maximum Gasteiger partial charge on any atom is 0.329 e. The minimum absolute atomic E-state index is 0.208. The van der Waals surface area contributed by atoms with Gasteiger partial charge in [0.25, 0.3) is 5.91 Å². The molecule has 1 fully saturated rings. The zero-order chi connectivity index (χ0) is 14.0. The lowest BCUT2D eigenvalue weighted by atomic mass is 9.96. The van der Waals surface area contributed by atoms with Gasteiger partial charge in [-0.05, 0) is 31.0 Å². The molecule has 102 valence electrons. The largest absolute Gasteiger partial charge is 0.480 e. The van der Waals surface area contributed by atoms with E-state index >= 15 is 0 Å². The molecule has 1 saturated carbocycles. The molecule has 0 spiro atoms. The number of anilines is 1. The summed E-state index contributed by atoms with van der Waals surface area (Å²) in [4.78, 5) is 22.9. The van der Waals surface area contributed by atoms with Crippen LogP contribution in [-0.2, 0) is 4.79 Å². The number of hydrogen-bond donors (Lipinski definition) is 3. The third-order valence-electron chi connectivity index (χ3n) is 3.49. The Hall–Kier alpha value is -1.75. The Morgan fingerprint density at radius 3 is 2.47 bits per heavy atom. The number of amides is 1. The second-order valence-electron chi connectivity index (χ2n) is 4.77. The van der Waals surface area contributed by atoms with Crippen molar-refractivity contribution in [2.24, 2.45) is 5.73 Å². The van der Waals surface area contributed by atoms with Crippen molar-refractivity contribution >= 4 is 29.2 Å². The Bertz CT molecular complexity index is 525. The fourth-order valence-corrected chi connectivity index (χ4v) is 2.63. The van der Waals surface area contributed by atoms with Crippen molar-refractivity contribution in [3.63, 3.8) is 0 Å². The molecule has 0 atom stereocenters. The average molecular weight is 283 g/mol. The molecule has 0 bridgehead atoms. The summed E-state index contributed by atoms with van der Waals surface area (Å²) < 4.78 is 0. The second-order valence-corrected chi connectivity index (χ2v) is 5.21. The second kappa shape index (κ2) is 5.09. The third-order valence-corrected chi connectivity index (χ3v) is 3.72. The van der Waals surface area contributed by atoms with Crippen LogP contribution in [0.25, 0.3) is 0 Å². The van der Waals surface area contributed by atoms with E-state index in [-0.39, 0.29) is 5.56 Å². The SMILES string of the molecule is NC(=O)c1cc(Cl)ccc1NC1(C(=O)O)CCCC1. The van der Waals surface area contributed by atoms with Crippen LogP contribution >= 0.6 is 11.6 Å². The number of carboxylic acids is 1. The number of carbonyl (C=O) groups excluding carboxylic acids is 1.